The van der Waals surface area contributed by atoms with Crippen molar-refractivity contribution < 1.29 is 23.0 Å². The van der Waals surface area contributed by atoms with Gasteiger partial charge in [0.15, 0.2) is 0 Å². The molecule has 0 bridgehead atoms. The van der Waals surface area contributed by atoms with Crippen LogP contribution in [0.2, 0.25) is 0 Å². The number of ether oxygens (including phenoxy) is 2. The molecule has 0 spiro atoms. The lowest BCUT2D eigenvalue weighted by atomic mass is 10.0. The predicted octanol–water partition coefficient (Wildman–Crippen LogP) is 3.19. The molecular formula is C23H35N3O5S. The van der Waals surface area contributed by atoms with Gasteiger partial charge in [-0.1, -0.05) is 13.8 Å². The smallest absolute Gasteiger partial charge is 0.265 e. The summed E-state index contributed by atoms with van der Waals surface area (Å²) >= 11 is 0. The molecule has 1 aromatic carbocycles. The first kappa shape index (κ1) is 24.5. The van der Waals surface area contributed by atoms with Crippen molar-refractivity contribution in [2.24, 2.45) is 18.9 Å². The molecule has 2 aromatic rings. The first-order chi connectivity index (χ1) is 15.1. The van der Waals surface area contributed by atoms with E-state index < -0.39 is 10.0 Å². The van der Waals surface area contributed by atoms with Crippen molar-refractivity contribution in [1.29, 1.82) is 0 Å². The third-order valence-corrected chi connectivity index (χ3v) is 7.61. The predicted molar refractivity (Wildman–Crippen MR) is 123 cm³/mol. The maximum absolute atomic E-state index is 13.7. The van der Waals surface area contributed by atoms with E-state index in [4.69, 9.17) is 9.47 Å². The second-order valence-corrected chi connectivity index (χ2v) is 10.7. The second-order valence-electron chi connectivity index (χ2n) is 8.88. The van der Waals surface area contributed by atoms with Crippen LogP contribution in [0.5, 0.6) is 5.75 Å². The van der Waals surface area contributed by atoms with Gasteiger partial charge in [0.25, 0.3) is 10.0 Å². The van der Waals surface area contributed by atoms with Gasteiger partial charge in [-0.15, -0.1) is 0 Å². The molecule has 0 saturated carbocycles. The van der Waals surface area contributed by atoms with Crippen LogP contribution in [-0.4, -0.2) is 49.7 Å². The van der Waals surface area contributed by atoms with Crippen LogP contribution in [0.4, 0.5) is 5.82 Å². The first-order valence-corrected chi connectivity index (χ1v) is 12.6. The normalized spacial score (nSPS) is 15.3. The van der Waals surface area contributed by atoms with Gasteiger partial charge in [-0.3, -0.25) is 4.68 Å². The molecule has 8 nitrogen and oxygen atoms in total. The number of sulfonamides is 1. The van der Waals surface area contributed by atoms with Crippen LogP contribution < -0.4 is 9.04 Å². The fraction of sp³-hybridized carbons (Fsp3) is 0.609. The van der Waals surface area contributed by atoms with E-state index in [1.165, 1.54) is 10.4 Å². The molecule has 1 saturated heterocycles. The molecule has 178 valence electrons. The molecule has 2 heterocycles. The lowest BCUT2D eigenvalue weighted by Crippen LogP contribution is -2.36. The minimum absolute atomic E-state index is 0.110. The Bertz CT molecular complexity index is 1030. The number of aliphatic hydroxyl groups is 1. The molecule has 1 aromatic heterocycles. The minimum atomic E-state index is -3.88. The zero-order valence-electron chi connectivity index (χ0n) is 19.7. The molecule has 0 amide bonds. The van der Waals surface area contributed by atoms with E-state index in [1.54, 1.807) is 23.9 Å². The number of hydrogen-bond donors (Lipinski definition) is 1. The Balaban J connectivity index is 1.92. The zero-order chi connectivity index (χ0) is 23.5. The molecule has 1 fully saturated rings. The topological polar surface area (TPSA) is 93.9 Å². The summed E-state index contributed by atoms with van der Waals surface area (Å²) in [6.07, 6.45) is 1.88. The average Bonchev–Trinajstić information content (AvgIpc) is 3.02. The molecule has 0 unspecified atom stereocenters. The van der Waals surface area contributed by atoms with E-state index >= 15 is 0 Å². The van der Waals surface area contributed by atoms with Crippen molar-refractivity contribution in [3.63, 3.8) is 0 Å². The number of nitrogens with zero attached hydrogens (tertiary/aromatic N) is 3. The summed E-state index contributed by atoms with van der Waals surface area (Å²) < 4.78 is 41.8. The van der Waals surface area contributed by atoms with Gasteiger partial charge in [-0.05, 0) is 56.7 Å². The van der Waals surface area contributed by atoms with Crippen LogP contribution in [0.25, 0.3) is 0 Å². The van der Waals surface area contributed by atoms with Crippen molar-refractivity contribution in [2.75, 3.05) is 30.7 Å². The molecule has 1 aliphatic rings. The second kappa shape index (κ2) is 10.2. The number of aryl methyl sites for hydroxylation is 2. The number of anilines is 1. The van der Waals surface area contributed by atoms with E-state index in [-0.39, 0.29) is 17.4 Å². The Morgan fingerprint density at radius 1 is 1.28 bits per heavy atom. The Morgan fingerprint density at radius 3 is 2.53 bits per heavy atom. The maximum Gasteiger partial charge on any atom is 0.265 e. The van der Waals surface area contributed by atoms with Crippen LogP contribution in [0, 0.1) is 25.7 Å². The van der Waals surface area contributed by atoms with Gasteiger partial charge in [-0.25, -0.2) is 12.7 Å². The van der Waals surface area contributed by atoms with Gasteiger partial charge in [0, 0.05) is 37.9 Å². The van der Waals surface area contributed by atoms with E-state index in [1.807, 2.05) is 27.7 Å². The van der Waals surface area contributed by atoms with Crippen molar-refractivity contribution in [1.82, 2.24) is 9.78 Å². The highest BCUT2D eigenvalue weighted by atomic mass is 32.2. The van der Waals surface area contributed by atoms with Crippen molar-refractivity contribution in [2.45, 2.75) is 52.0 Å². The van der Waals surface area contributed by atoms with Gasteiger partial charge in [-0.2, -0.15) is 5.10 Å². The van der Waals surface area contributed by atoms with Crippen molar-refractivity contribution in [3.8, 4) is 5.75 Å². The highest BCUT2D eigenvalue weighted by molar-refractivity contribution is 7.92. The standard InChI is InChI=1S/C23H35N3O5S/c1-16(2)13-26(23-17(3)18(4)24-25(23)5)32(28,29)21-6-7-22(20(12-21)14-27)31-15-19-8-10-30-11-9-19/h6-7,12,16,19,27H,8-11,13-15H2,1-5H3. The third-order valence-electron chi connectivity index (χ3n) is 5.86. The summed E-state index contributed by atoms with van der Waals surface area (Å²) in [5.74, 6) is 1.58. The van der Waals surface area contributed by atoms with Gasteiger partial charge >= 0.3 is 0 Å². The molecule has 1 aliphatic heterocycles. The fourth-order valence-electron chi connectivity index (χ4n) is 3.96. The van der Waals surface area contributed by atoms with Crippen LogP contribution in [-0.2, 0) is 28.4 Å². The van der Waals surface area contributed by atoms with E-state index in [0.29, 0.717) is 36.2 Å². The number of rotatable bonds is 9. The molecule has 0 aliphatic carbocycles. The van der Waals surface area contributed by atoms with Crippen LogP contribution in [0.1, 0.15) is 43.5 Å². The molecule has 1 N–H and O–H groups in total. The Morgan fingerprint density at radius 2 is 1.97 bits per heavy atom. The van der Waals surface area contributed by atoms with E-state index in [9.17, 15) is 13.5 Å². The largest absolute Gasteiger partial charge is 0.493 e. The lowest BCUT2D eigenvalue weighted by molar-refractivity contribution is 0.0494. The number of aromatic nitrogens is 2. The van der Waals surface area contributed by atoms with E-state index in [2.05, 4.69) is 5.10 Å². The van der Waals surface area contributed by atoms with Crippen LogP contribution in [0.3, 0.4) is 0 Å². The number of hydrogen-bond acceptors (Lipinski definition) is 6. The maximum atomic E-state index is 13.7. The first-order valence-electron chi connectivity index (χ1n) is 11.1. The van der Waals surface area contributed by atoms with E-state index in [0.717, 1.165) is 37.3 Å². The molecule has 0 atom stereocenters. The monoisotopic (exact) mass is 465 g/mol. The average molecular weight is 466 g/mol. The number of benzene rings is 1. The molecule has 32 heavy (non-hydrogen) atoms. The molecule has 9 heteroatoms. The summed E-state index contributed by atoms with van der Waals surface area (Å²) in [7, 11) is -2.12. The fourth-order valence-corrected chi connectivity index (χ4v) is 5.72. The quantitative estimate of drug-likeness (QED) is 0.611. The highest BCUT2D eigenvalue weighted by Gasteiger charge is 2.30. The molecule has 3 rings (SSSR count). The molecule has 0 radical (unpaired) electrons. The molecular weight excluding hydrogens is 430 g/mol. The minimum Gasteiger partial charge on any atom is -0.493 e. The lowest BCUT2D eigenvalue weighted by Gasteiger charge is -2.27. The van der Waals surface area contributed by atoms with Crippen molar-refractivity contribution >= 4 is 15.8 Å². The Kier molecular flexibility index (Phi) is 7.84. The summed E-state index contributed by atoms with van der Waals surface area (Å²) in [4.78, 5) is 0.124. The van der Waals surface area contributed by atoms with Gasteiger partial charge in [0.05, 0.1) is 23.8 Å². The van der Waals surface area contributed by atoms with Crippen LogP contribution in [0.15, 0.2) is 23.1 Å². The summed E-state index contributed by atoms with van der Waals surface area (Å²) in [5, 5.41) is 14.3. The number of aliphatic hydroxyl groups excluding tert-OH is 1. The summed E-state index contributed by atoms with van der Waals surface area (Å²) in [6, 6.07) is 4.72. The highest BCUT2D eigenvalue weighted by Crippen LogP contribution is 2.31. The van der Waals surface area contributed by atoms with Gasteiger partial charge in [0.1, 0.15) is 11.6 Å². The third kappa shape index (κ3) is 5.27. The summed E-state index contributed by atoms with van der Waals surface area (Å²) in [5.41, 5.74) is 2.08. The van der Waals surface area contributed by atoms with Gasteiger partial charge < -0.3 is 14.6 Å². The van der Waals surface area contributed by atoms with Crippen LogP contribution >= 0.6 is 0 Å². The van der Waals surface area contributed by atoms with Gasteiger partial charge in [0.2, 0.25) is 0 Å². The SMILES string of the molecule is Cc1nn(C)c(N(CC(C)C)S(=O)(=O)c2ccc(OCC3CCOCC3)c(CO)c2)c1C. The van der Waals surface area contributed by atoms with Crippen molar-refractivity contribution in [3.05, 3.63) is 35.0 Å². The Labute approximate surface area is 191 Å². The Hall–Kier alpha value is -2.10. The summed E-state index contributed by atoms with van der Waals surface area (Å²) in [6.45, 7) is 9.71. The zero-order valence-corrected chi connectivity index (χ0v) is 20.5.